The fourth-order valence-corrected chi connectivity index (χ4v) is 10.2. The summed E-state index contributed by atoms with van der Waals surface area (Å²) in [5.41, 5.74) is 0. The summed E-state index contributed by atoms with van der Waals surface area (Å²) in [6.07, 6.45) is 23.7. The molecule has 0 unspecified atom stereocenters. The Hall–Kier alpha value is 0.434. The van der Waals surface area contributed by atoms with Crippen LogP contribution < -0.4 is 0 Å². The quantitative estimate of drug-likeness (QED) is 0.158. The van der Waals surface area contributed by atoms with E-state index in [-0.39, 0.29) is 16.6 Å². The lowest BCUT2D eigenvalue weighted by Gasteiger charge is -2.18. The summed E-state index contributed by atoms with van der Waals surface area (Å²) in [5.74, 6) is 0. The Morgan fingerprint density at radius 2 is 0.708 bits per heavy atom. The molecule has 0 aromatic rings. The molecule has 0 amide bonds. The fraction of sp³-hybridized carbons (Fsp3) is 1.00. The lowest BCUT2D eigenvalue weighted by Crippen LogP contribution is -2.29. The number of unbranched alkanes of at least 4 members (excludes halogenated alkanes) is 14. The third-order valence-electron chi connectivity index (χ3n) is 5.37. The Morgan fingerprint density at radius 1 is 0.417 bits per heavy atom. The summed E-state index contributed by atoms with van der Waals surface area (Å²) in [7, 11) is 0.0586. The van der Waals surface area contributed by atoms with Crippen LogP contribution in [0.1, 0.15) is 117 Å². The molecule has 0 bridgehead atoms. The molecule has 0 saturated heterocycles. The first-order valence-corrected chi connectivity index (χ1v) is 16.8. The molecule has 0 nitrogen and oxygen atoms in total. The number of hydrogen-bond donors (Lipinski definition) is 0. The standard InChI is InChI=1S/C22H48Si2/c1-5-7-9-11-13-15-17-19-21-24(23(3)4)22-20-18-16-14-12-10-8-6-2/h5-22H2,1-4H3. The second-order valence-electron chi connectivity index (χ2n) is 8.05. The molecule has 0 aliphatic heterocycles. The lowest BCUT2D eigenvalue weighted by atomic mass is 10.1. The molecular weight excluding hydrogens is 320 g/mol. The van der Waals surface area contributed by atoms with Gasteiger partial charge in [0.25, 0.3) is 0 Å². The molecule has 0 spiro atoms. The first-order chi connectivity index (χ1) is 11.7. The highest BCUT2D eigenvalue weighted by molar-refractivity contribution is 7.21. The van der Waals surface area contributed by atoms with Crippen molar-refractivity contribution in [1.29, 1.82) is 0 Å². The molecule has 2 radical (unpaired) electrons. The van der Waals surface area contributed by atoms with Crippen LogP contribution in [0.5, 0.6) is 0 Å². The molecule has 0 N–H and O–H groups in total. The first-order valence-electron chi connectivity index (χ1n) is 11.4. The first kappa shape index (κ1) is 24.4. The van der Waals surface area contributed by atoms with Crippen molar-refractivity contribution in [2.75, 3.05) is 0 Å². The van der Waals surface area contributed by atoms with Crippen LogP contribution >= 0.6 is 0 Å². The van der Waals surface area contributed by atoms with Gasteiger partial charge in [-0.25, -0.2) is 0 Å². The van der Waals surface area contributed by atoms with Gasteiger partial charge in [0, 0.05) is 16.6 Å². The van der Waals surface area contributed by atoms with Crippen molar-refractivity contribution in [3.8, 4) is 0 Å². The van der Waals surface area contributed by atoms with Crippen molar-refractivity contribution in [1.82, 2.24) is 0 Å². The molecule has 144 valence electrons. The zero-order valence-corrected chi connectivity index (χ0v) is 19.7. The molecule has 0 atom stereocenters. The predicted molar refractivity (Wildman–Crippen MR) is 118 cm³/mol. The molecule has 0 heterocycles. The van der Waals surface area contributed by atoms with Gasteiger partial charge >= 0.3 is 0 Å². The zero-order valence-electron chi connectivity index (χ0n) is 17.7. The van der Waals surface area contributed by atoms with Gasteiger partial charge in [0.1, 0.15) is 0 Å². The van der Waals surface area contributed by atoms with Crippen LogP contribution in [-0.2, 0) is 0 Å². The SMILES string of the molecule is CCCCCCCCCC[Si](CCCCCCCCCC)[Si](C)C. The highest BCUT2D eigenvalue weighted by Gasteiger charge is 2.15. The Labute approximate surface area is 158 Å². The normalized spacial score (nSPS) is 11.8. The summed E-state index contributed by atoms with van der Waals surface area (Å²) in [6.45, 7) is 9.80. The Morgan fingerprint density at radius 3 is 1.00 bits per heavy atom. The van der Waals surface area contributed by atoms with Crippen LogP contribution in [0.25, 0.3) is 0 Å². The molecule has 0 rings (SSSR count). The fourth-order valence-electron chi connectivity index (χ4n) is 3.57. The second kappa shape index (κ2) is 19.8. The van der Waals surface area contributed by atoms with Crippen LogP contribution in [0.3, 0.4) is 0 Å². The summed E-state index contributed by atoms with van der Waals surface area (Å²) < 4.78 is 0. The minimum atomic E-state index is 0.0203. The van der Waals surface area contributed by atoms with E-state index in [0.29, 0.717) is 0 Å². The van der Waals surface area contributed by atoms with E-state index >= 15 is 0 Å². The third kappa shape index (κ3) is 17.3. The van der Waals surface area contributed by atoms with Crippen LogP contribution in [0, 0.1) is 0 Å². The van der Waals surface area contributed by atoms with Crippen molar-refractivity contribution in [2.45, 2.75) is 142 Å². The zero-order chi connectivity index (χ0) is 17.9. The number of rotatable bonds is 19. The van der Waals surface area contributed by atoms with Gasteiger partial charge in [0.15, 0.2) is 0 Å². The molecule has 2 heteroatoms. The van der Waals surface area contributed by atoms with Gasteiger partial charge in [0.2, 0.25) is 0 Å². The molecule has 0 aliphatic carbocycles. The predicted octanol–water partition coefficient (Wildman–Crippen LogP) is 8.60. The summed E-state index contributed by atoms with van der Waals surface area (Å²) >= 11 is 0. The van der Waals surface area contributed by atoms with E-state index < -0.39 is 0 Å². The van der Waals surface area contributed by atoms with Crippen molar-refractivity contribution in [2.24, 2.45) is 0 Å². The van der Waals surface area contributed by atoms with Crippen LogP contribution in [0.2, 0.25) is 25.2 Å². The Bertz CT molecular complexity index is 208. The Balaban J connectivity index is 3.47. The van der Waals surface area contributed by atoms with Crippen molar-refractivity contribution < 1.29 is 0 Å². The van der Waals surface area contributed by atoms with Gasteiger partial charge in [-0.05, 0) is 0 Å². The summed E-state index contributed by atoms with van der Waals surface area (Å²) in [5, 5.41) is 0. The molecule has 0 aliphatic rings. The average molecular weight is 369 g/mol. The molecule has 0 fully saturated rings. The molecule has 0 aromatic heterocycles. The van der Waals surface area contributed by atoms with Gasteiger partial charge in [-0.1, -0.05) is 142 Å². The Kier molecular flexibility index (Phi) is 20.1. The van der Waals surface area contributed by atoms with E-state index in [9.17, 15) is 0 Å². The van der Waals surface area contributed by atoms with E-state index in [1.807, 2.05) is 0 Å². The smallest absolute Gasteiger partial charge is 0.0372 e. The average Bonchev–Trinajstić information content (AvgIpc) is 2.57. The molecule has 0 aromatic carbocycles. The van der Waals surface area contributed by atoms with Gasteiger partial charge in [0.05, 0.1) is 0 Å². The topological polar surface area (TPSA) is 0 Å². The van der Waals surface area contributed by atoms with Gasteiger partial charge < -0.3 is 0 Å². The van der Waals surface area contributed by atoms with Crippen LogP contribution in [0.4, 0.5) is 0 Å². The maximum atomic E-state index is 2.59. The van der Waals surface area contributed by atoms with Gasteiger partial charge in [-0.2, -0.15) is 0 Å². The minimum Gasteiger partial charge on any atom is -0.0735 e. The summed E-state index contributed by atoms with van der Waals surface area (Å²) in [4.78, 5) is 0. The molecule has 24 heavy (non-hydrogen) atoms. The van der Waals surface area contributed by atoms with Gasteiger partial charge in [-0.15, -0.1) is 0 Å². The third-order valence-corrected chi connectivity index (χ3v) is 14.4. The van der Waals surface area contributed by atoms with E-state index in [2.05, 4.69) is 26.9 Å². The van der Waals surface area contributed by atoms with E-state index in [0.717, 1.165) is 0 Å². The largest absolute Gasteiger partial charge is 0.0735 e. The molecular formula is C22H48Si2. The van der Waals surface area contributed by atoms with Gasteiger partial charge in [-0.3, -0.25) is 0 Å². The second-order valence-corrected chi connectivity index (χ2v) is 17.4. The van der Waals surface area contributed by atoms with Crippen molar-refractivity contribution in [3.05, 3.63) is 0 Å². The molecule has 0 saturated carbocycles. The van der Waals surface area contributed by atoms with Crippen LogP contribution in [0.15, 0.2) is 0 Å². The summed E-state index contributed by atoms with van der Waals surface area (Å²) in [6, 6.07) is 3.27. The lowest BCUT2D eigenvalue weighted by molar-refractivity contribution is 0.581. The van der Waals surface area contributed by atoms with E-state index in [4.69, 9.17) is 0 Å². The minimum absolute atomic E-state index is 0.0203. The number of hydrogen-bond acceptors (Lipinski definition) is 0. The van der Waals surface area contributed by atoms with Crippen molar-refractivity contribution in [3.63, 3.8) is 0 Å². The maximum absolute atomic E-state index is 2.59. The highest BCUT2D eigenvalue weighted by atomic mass is 29.2. The van der Waals surface area contributed by atoms with Crippen molar-refractivity contribution >= 4 is 16.6 Å². The maximum Gasteiger partial charge on any atom is 0.0372 e. The highest BCUT2D eigenvalue weighted by Crippen LogP contribution is 2.17. The van der Waals surface area contributed by atoms with Crippen LogP contribution in [-0.4, -0.2) is 16.6 Å². The van der Waals surface area contributed by atoms with E-state index in [1.54, 1.807) is 24.9 Å². The van der Waals surface area contributed by atoms with E-state index in [1.165, 1.54) is 89.9 Å². The monoisotopic (exact) mass is 368 g/mol.